The van der Waals surface area contributed by atoms with Gasteiger partial charge >= 0.3 is 6.18 Å². The molecule has 0 aliphatic carbocycles. The zero-order chi connectivity index (χ0) is 17.7. The van der Waals surface area contributed by atoms with Crippen molar-refractivity contribution in [3.63, 3.8) is 0 Å². The van der Waals surface area contributed by atoms with Crippen LogP contribution in [0.3, 0.4) is 0 Å². The molecule has 6 heteroatoms. The van der Waals surface area contributed by atoms with Gasteiger partial charge in [0.05, 0.1) is 6.42 Å². The van der Waals surface area contributed by atoms with Gasteiger partial charge in [0.2, 0.25) is 5.91 Å². The van der Waals surface area contributed by atoms with Gasteiger partial charge in [-0.1, -0.05) is 24.3 Å². The average Bonchev–Trinajstić information content (AvgIpc) is 2.50. The number of aryl methyl sites for hydroxylation is 2. The van der Waals surface area contributed by atoms with Crippen molar-refractivity contribution in [2.24, 2.45) is 0 Å². The minimum atomic E-state index is -4.43. The predicted octanol–water partition coefficient (Wildman–Crippen LogP) is 3.62. The lowest BCUT2D eigenvalue weighted by Crippen LogP contribution is -2.27. The van der Waals surface area contributed by atoms with Gasteiger partial charge in [0.25, 0.3) is 0 Å². The van der Waals surface area contributed by atoms with E-state index in [4.69, 9.17) is 0 Å². The zero-order valence-electron chi connectivity index (χ0n) is 13.6. The molecule has 0 fully saturated rings. The van der Waals surface area contributed by atoms with Gasteiger partial charge in [-0.25, -0.2) is 0 Å². The highest BCUT2D eigenvalue weighted by atomic mass is 19.4. The Morgan fingerprint density at radius 3 is 2.38 bits per heavy atom. The summed E-state index contributed by atoms with van der Waals surface area (Å²) in [7, 11) is 0. The molecule has 0 saturated heterocycles. The van der Waals surface area contributed by atoms with Crippen LogP contribution in [0.25, 0.3) is 0 Å². The Hall–Kier alpha value is -2.37. The van der Waals surface area contributed by atoms with E-state index >= 15 is 0 Å². The molecule has 0 saturated carbocycles. The average molecular weight is 336 g/mol. The molecule has 1 heterocycles. The van der Waals surface area contributed by atoms with E-state index in [0.29, 0.717) is 18.5 Å². The number of halogens is 3. The number of nitrogens with zero attached hydrogens (tertiary/aromatic N) is 1. The molecule has 0 spiro atoms. The molecule has 1 N–H and O–H groups in total. The fourth-order valence-electron chi connectivity index (χ4n) is 2.25. The van der Waals surface area contributed by atoms with Crippen LogP contribution in [0.1, 0.15) is 27.9 Å². The first kappa shape index (κ1) is 18.0. The molecule has 0 aliphatic heterocycles. The number of carbonyl (C=O) groups is 1. The van der Waals surface area contributed by atoms with Crippen LogP contribution in [0.5, 0.6) is 0 Å². The Morgan fingerprint density at radius 2 is 1.79 bits per heavy atom. The molecular weight excluding hydrogens is 317 g/mol. The fraction of sp³-hybridized carbons (Fsp3) is 0.333. The maximum Gasteiger partial charge on any atom is 0.433 e. The number of alkyl halides is 3. The van der Waals surface area contributed by atoms with E-state index in [0.717, 1.165) is 17.2 Å². The van der Waals surface area contributed by atoms with Crippen LogP contribution in [0, 0.1) is 13.8 Å². The highest BCUT2D eigenvalue weighted by molar-refractivity contribution is 5.78. The maximum atomic E-state index is 12.4. The summed E-state index contributed by atoms with van der Waals surface area (Å²) in [5.41, 5.74) is 2.98. The number of pyridine rings is 1. The summed E-state index contributed by atoms with van der Waals surface area (Å²) in [6, 6.07) is 8.21. The molecule has 3 nitrogen and oxygen atoms in total. The summed E-state index contributed by atoms with van der Waals surface area (Å²) in [5, 5.41) is 2.77. The summed E-state index contributed by atoms with van der Waals surface area (Å²) in [5.74, 6) is -0.113. The fourth-order valence-corrected chi connectivity index (χ4v) is 2.25. The Kier molecular flexibility index (Phi) is 5.59. The predicted molar refractivity (Wildman–Crippen MR) is 85.6 cm³/mol. The van der Waals surface area contributed by atoms with Gasteiger partial charge in [-0.3, -0.25) is 9.78 Å². The topological polar surface area (TPSA) is 42.0 Å². The summed E-state index contributed by atoms with van der Waals surface area (Å²) in [6.45, 7) is 4.36. The molecule has 0 aliphatic rings. The van der Waals surface area contributed by atoms with Crippen molar-refractivity contribution >= 4 is 5.91 Å². The van der Waals surface area contributed by atoms with E-state index in [9.17, 15) is 18.0 Å². The number of hydrogen-bond donors (Lipinski definition) is 1. The molecular formula is C18H19F3N2O. The van der Waals surface area contributed by atoms with Crippen molar-refractivity contribution < 1.29 is 18.0 Å². The van der Waals surface area contributed by atoms with Crippen LogP contribution in [-0.2, 0) is 23.8 Å². The summed E-state index contributed by atoms with van der Waals surface area (Å²) >= 11 is 0. The van der Waals surface area contributed by atoms with Crippen LogP contribution in [-0.4, -0.2) is 17.4 Å². The van der Waals surface area contributed by atoms with Crippen molar-refractivity contribution in [2.75, 3.05) is 6.54 Å². The van der Waals surface area contributed by atoms with E-state index in [-0.39, 0.29) is 12.3 Å². The SMILES string of the molecule is Cc1ccc(CC(=O)NCCc2ccc(C(F)(F)F)nc2)cc1C. The Morgan fingerprint density at radius 1 is 1.08 bits per heavy atom. The minimum Gasteiger partial charge on any atom is -0.355 e. The van der Waals surface area contributed by atoms with Gasteiger partial charge in [-0.05, 0) is 48.6 Å². The van der Waals surface area contributed by atoms with Gasteiger partial charge < -0.3 is 5.32 Å². The number of amides is 1. The third-order valence-corrected chi connectivity index (χ3v) is 3.79. The second-order valence-corrected chi connectivity index (χ2v) is 5.74. The van der Waals surface area contributed by atoms with E-state index in [1.54, 1.807) is 0 Å². The third kappa shape index (κ3) is 5.08. The molecule has 2 aromatic rings. The first-order chi connectivity index (χ1) is 11.3. The van der Waals surface area contributed by atoms with Crippen LogP contribution >= 0.6 is 0 Å². The van der Waals surface area contributed by atoms with Gasteiger partial charge in [0.1, 0.15) is 5.69 Å². The zero-order valence-corrected chi connectivity index (χ0v) is 13.6. The molecule has 1 aromatic heterocycles. The molecule has 0 atom stereocenters. The molecule has 0 bridgehead atoms. The van der Waals surface area contributed by atoms with E-state index in [1.807, 2.05) is 32.0 Å². The van der Waals surface area contributed by atoms with Crippen molar-refractivity contribution in [3.8, 4) is 0 Å². The standard InChI is InChI=1S/C18H19F3N2O/c1-12-3-4-15(9-13(12)2)10-17(24)22-8-7-14-5-6-16(23-11-14)18(19,20)21/h3-6,9,11H,7-8,10H2,1-2H3,(H,22,24). The number of benzene rings is 1. The smallest absolute Gasteiger partial charge is 0.355 e. The second kappa shape index (κ2) is 7.47. The first-order valence-electron chi connectivity index (χ1n) is 7.60. The highest BCUT2D eigenvalue weighted by Crippen LogP contribution is 2.27. The normalized spacial score (nSPS) is 11.4. The van der Waals surface area contributed by atoms with E-state index in [2.05, 4.69) is 10.3 Å². The Labute approximate surface area is 138 Å². The number of carbonyl (C=O) groups excluding carboxylic acids is 1. The maximum absolute atomic E-state index is 12.4. The number of nitrogens with one attached hydrogen (secondary N) is 1. The monoisotopic (exact) mass is 336 g/mol. The molecule has 0 unspecified atom stereocenters. The molecule has 1 amide bonds. The van der Waals surface area contributed by atoms with Gasteiger partial charge in [-0.2, -0.15) is 13.2 Å². The molecule has 2 rings (SSSR count). The number of hydrogen-bond acceptors (Lipinski definition) is 2. The van der Waals surface area contributed by atoms with Crippen molar-refractivity contribution in [3.05, 3.63) is 64.5 Å². The largest absolute Gasteiger partial charge is 0.433 e. The molecule has 0 radical (unpaired) electrons. The summed E-state index contributed by atoms with van der Waals surface area (Å²) in [6.07, 6.45) is -2.52. The lowest BCUT2D eigenvalue weighted by molar-refractivity contribution is -0.141. The van der Waals surface area contributed by atoms with Gasteiger partial charge in [-0.15, -0.1) is 0 Å². The minimum absolute atomic E-state index is 0.113. The third-order valence-electron chi connectivity index (χ3n) is 3.79. The first-order valence-corrected chi connectivity index (χ1v) is 7.60. The quantitative estimate of drug-likeness (QED) is 0.906. The van der Waals surface area contributed by atoms with E-state index < -0.39 is 11.9 Å². The summed E-state index contributed by atoms with van der Waals surface area (Å²) in [4.78, 5) is 15.3. The Bertz CT molecular complexity index is 709. The molecule has 24 heavy (non-hydrogen) atoms. The van der Waals surface area contributed by atoms with E-state index in [1.165, 1.54) is 17.8 Å². The lowest BCUT2D eigenvalue weighted by Gasteiger charge is -2.08. The highest BCUT2D eigenvalue weighted by Gasteiger charge is 2.31. The van der Waals surface area contributed by atoms with Crippen molar-refractivity contribution in [1.82, 2.24) is 10.3 Å². The number of aromatic nitrogens is 1. The number of rotatable bonds is 5. The van der Waals surface area contributed by atoms with Crippen LogP contribution in [0.4, 0.5) is 13.2 Å². The van der Waals surface area contributed by atoms with Crippen molar-refractivity contribution in [2.45, 2.75) is 32.9 Å². The van der Waals surface area contributed by atoms with Crippen molar-refractivity contribution in [1.29, 1.82) is 0 Å². The summed E-state index contributed by atoms with van der Waals surface area (Å²) < 4.78 is 37.3. The molecule has 1 aromatic carbocycles. The Balaban J connectivity index is 1.81. The molecule has 128 valence electrons. The van der Waals surface area contributed by atoms with Gasteiger partial charge in [0, 0.05) is 12.7 Å². The second-order valence-electron chi connectivity index (χ2n) is 5.74. The van der Waals surface area contributed by atoms with Crippen LogP contribution in [0.2, 0.25) is 0 Å². The van der Waals surface area contributed by atoms with Crippen LogP contribution < -0.4 is 5.32 Å². The van der Waals surface area contributed by atoms with Gasteiger partial charge in [0.15, 0.2) is 0 Å². The van der Waals surface area contributed by atoms with Crippen LogP contribution in [0.15, 0.2) is 36.5 Å². The lowest BCUT2D eigenvalue weighted by atomic mass is 10.0.